The van der Waals surface area contributed by atoms with Gasteiger partial charge >= 0.3 is 12.1 Å². The number of rotatable bonds is 5. The van der Waals surface area contributed by atoms with E-state index in [1.165, 1.54) is 17.9 Å². The molecule has 1 amide bonds. The predicted octanol–water partition coefficient (Wildman–Crippen LogP) is 1.45. The molecular formula is C13H19NO5. The average Bonchev–Trinajstić information content (AvgIpc) is 2.35. The molecule has 0 aromatic heterocycles. The summed E-state index contributed by atoms with van der Waals surface area (Å²) in [5.74, 6) is -1.12. The van der Waals surface area contributed by atoms with Gasteiger partial charge in [0.1, 0.15) is 12.4 Å². The maximum Gasteiger partial charge on any atom is 0.410 e. The molecule has 6 nitrogen and oxygen atoms in total. The van der Waals surface area contributed by atoms with Crippen LogP contribution in [0.5, 0.6) is 0 Å². The van der Waals surface area contributed by atoms with Crippen LogP contribution in [0.1, 0.15) is 26.2 Å². The molecule has 0 aromatic carbocycles. The maximum atomic E-state index is 11.6. The molecule has 6 heteroatoms. The highest BCUT2D eigenvalue weighted by Gasteiger charge is 2.43. The highest BCUT2D eigenvalue weighted by atomic mass is 16.6. The van der Waals surface area contributed by atoms with Gasteiger partial charge in [-0.2, -0.15) is 0 Å². The molecule has 0 radical (unpaired) electrons. The van der Waals surface area contributed by atoms with Gasteiger partial charge in [0.2, 0.25) is 0 Å². The second-order valence-electron chi connectivity index (χ2n) is 4.82. The minimum absolute atomic E-state index is 0.0118. The molecule has 0 saturated carbocycles. The second-order valence-corrected chi connectivity index (χ2v) is 4.82. The summed E-state index contributed by atoms with van der Waals surface area (Å²) in [5, 5.41) is 9.30. The minimum Gasteiger partial charge on any atom is -0.481 e. The quantitative estimate of drug-likeness (QED) is 0.764. The number of aliphatic carboxylic acids is 1. The van der Waals surface area contributed by atoms with Crippen LogP contribution in [0.4, 0.5) is 4.79 Å². The van der Waals surface area contributed by atoms with Crippen LogP contribution in [0.15, 0.2) is 12.7 Å². The first kappa shape index (κ1) is 15.2. The summed E-state index contributed by atoms with van der Waals surface area (Å²) in [7, 11) is 0. The molecule has 0 spiro atoms. The largest absolute Gasteiger partial charge is 0.481 e. The number of carbonyl (C=O) groups excluding carboxylic acids is 2. The summed E-state index contributed by atoms with van der Waals surface area (Å²) in [6, 6.07) is 0. The Kier molecular flexibility index (Phi) is 5.09. The number of nitrogens with zero attached hydrogens (tertiary/aromatic N) is 1. The van der Waals surface area contributed by atoms with Crippen LogP contribution in [-0.2, 0) is 14.3 Å². The molecular weight excluding hydrogens is 250 g/mol. The Hall–Kier alpha value is -1.85. The molecule has 1 fully saturated rings. The van der Waals surface area contributed by atoms with Crippen molar-refractivity contribution in [3.63, 3.8) is 0 Å². The number of likely N-dealkylation sites (tertiary alicyclic amines) is 1. The van der Waals surface area contributed by atoms with Gasteiger partial charge in [0, 0.05) is 19.5 Å². The van der Waals surface area contributed by atoms with Crippen molar-refractivity contribution in [2.75, 3.05) is 19.7 Å². The predicted molar refractivity (Wildman–Crippen MR) is 67.7 cm³/mol. The zero-order chi connectivity index (χ0) is 14.5. The van der Waals surface area contributed by atoms with Crippen molar-refractivity contribution in [2.45, 2.75) is 26.2 Å². The Bertz CT molecular complexity index is 382. The molecule has 0 atom stereocenters. The molecule has 1 aliphatic rings. The van der Waals surface area contributed by atoms with Crippen LogP contribution in [0, 0.1) is 5.41 Å². The van der Waals surface area contributed by atoms with Crippen LogP contribution < -0.4 is 0 Å². The van der Waals surface area contributed by atoms with Crippen molar-refractivity contribution >= 4 is 17.8 Å². The lowest BCUT2D eigenvalue weighted by Crippen LogP contribution is -2.47. The number of hydrogen-bond donors (Lipinski definition) is 1. The fraction of sp³-hybridized carbons (Fsp3) is 0.615. The van der Waals surface area contributed by atoms with Gasteiger partial charge in [-0.15, -0.1) is 0 Å². The van der Waals surface area contributed by atoms with Gasteiger partial charge in [0.05, 0.1) is 5.41 Å². The van der Waals surface area contributed by atoms with Crippen LogP contribution in [-0.4, -0.2) is 47.5 Å². The number of carbonyl (C=O) groups is 3. The van der Waals surface area contributed by atoms with Gasteiger partial charge in [0.25, 0.3) is 0 Å². The number of piperidine rings is 1. The number of carboxylic acid groups (broad SMARTS) is 1. The summed E-state index contributed by atoms with van der Waals surface area (Å²) in [6.45, 7) is 5.54. The Labute approximate surface area is 112 Å². The number of carboxylic acids is 1. The summed E-state index contributed by atoms with van der Waals surface area (Å²) in [5.41, 5.74) is -1.04. The number of amides is 1. The zero-order valence-corrected chi connectivity index (χ0v) is 11.1. The molecule has 0 aliphatic carbocycles. The van der Waals surface area contributed by atoms with Crippen molar-refractivity contribution in [2.24, 2.45) is 5.41 Å². The standard InChI is InChI=1S/C13H19NO5/c1-3-8-19-12(18)14-6-4-13(5-7-14,11(16)17)9-10(2)15/h3H,1,4-9H2,2H3,(H,16,17). The van der Waals surface area contributed by atoms with E-state index in [0.717, 1.165) is 0 Å². The summed E-state index contributed by atoms with van der Waals surface area (Å²) in [6.07, 6.45) is 1.55. The van der Waals surface area contributed by atoms with Gasteiger partial charge in [-0.1, -0.05) is 12.7 Å². The Morgan fingerprint density at radius 3 is 2.37 bits per heavy atom. The molecule has 106 valence electrons. The number of hydrogen-bond acceptors (Lipinski definition) is 4. The van der Waals surface area contributed by atoms with E-state index >= 15 is 0 Å². The topological polar surface area (TPSA) is 83.9 Å². The molecule has 0 bridgehead atoms. The fourth-order valence-electron chi connectivity index (χ4n) is 2.28. The zero-order valence-electron chi connectivity index (χ0n) is 11.1. The van der Waals surface area contributed by atoms with E-state index in [9.17, 15) is 19.5 Å². The van der Waals surface area contributed by atoms with Crippen LogP contribution in [0.3, 0.4) is 0 Å². The lowest BCUT2D eigenvalue weighted by Gasteiger charge is -2.37. The molecule has 1 saturated heterocycles. The highest BCUT2D eigenvalue weighted by molar-refractivity contribution is 5.85. The van der Waals surface area contributed by atoms with Gasteiger partial charge in [-0.05, 0) is 19.8 Å². The van der Waals surface area contributed by atoms with E-state index in [4.69, 9.17) is 4.74 Å². The third-order valence-electron chi connectivity index (χ3n) is 3.34. The van der Waals surface area contributed by atoms with Gasteiger partial charge in [-0.25, -0.2) is 4.79 Å². The monoisotopic (exact) mass is 269 g/mol. The van der Waals surface area contributed by atoms with E-state index in [2.05, 4.69) is 6.58 Å². The lowest BCUT2D eigenvalue weighted by atomic mass is 9.75. The molecule has 1 N–H and O–H groups in total. The molecule has 0 unspecified atom stereocenters. The van der Waals surface area contributed by atoms with E-state index in [1.54, 1.807) is 0 Å². The third-order valence-corrected chi connectivity index (χ3v) is 3.34. The van der Waals surface area contributed by atoms with E-state index in [0.29, 0.717) is 0 Å². The van der Waals surface area contributed by atoms with Crippen LogP contribution >= 0.6 is 0 Å². The fourth-order valence-corrected chi connectivity index (χ4v) is 2.28. The molecule has 0 aromatic rings. The Morgan fingerprint density at radius 2 is 1.95 bits per heavy atom. The van der Waals surface area contributed by atoms with E-state index in [1.807, 2.05) is 0 Å². The first-order valence-electron chi connectivity index (χ1n) is 6.17. The van der Waals surface area contributed by atoms with Crippen molar-refractivity contribution in [1.82, 2.24) is 4.90 Å². The average molecular weight is 269 g/mol. The summed E-state index contributed by atoms with van der Waals surface area (Å²) in [4.78, 5) is 35.6. The SMILES string of the molecule is C=CCOC(=O)N1CCC(CC(C)=O)(C(=O)O)CC1. The van der Waals surface area contributed by atoms with Crippen LogP contribution in [0.25, 0.3) is 0 Å². The van der Waals surface area contributed by atoms with Crippen molar-refractivity contribution in [3.8, 4) is 0 Å². The van der Waals surface area contributed by atoms with Gasteiger partial charge in [-0.3, -0.25) is 9.59 Å². The molecule has 1 heterocycles. The Morgan fingerprint density at radius 1 is 1.37 bits per heavy atom. The van der Waals surface area contributed by atoms with Crippen molar-refractivity contribution < 1.29 is 24.2 Å². The van der Waals surface area contributed by atoms with Crippen molar-refractivity contribution in [3.05, 3.63) is 12.7 Å². The number of Topliss-reactive ketones (excluding diaryl/α,β-unsaturated/α-hetero) is 1. The van der Waals surface area contributed by atoms with Gasteiger partial charge in [0.15, 0.2) is 0 Å². The van der Waals surface area contributed by atoms with Crippen LogP contribution in [0.2, 0.25) is 0 Å². The first-order valence-corrected chi connectivity index (χ1v) is 6.17. The first-order chi connectivity index (χ1) is 8.91. The smallest absolute Gasteiger partial charge is 0.410 e. The summed E-state index contributed by atoms with van der Waals surface area (Å²) >= 11 is 0. The summed E-state index contributed by atoms with van der Waals surface area (Å²) < 4.78 is 4.89. The lowest BCUT2D eigenvalue weighted by molar-refractivity contribution is -0.154. The van der Waals surface area contributed by atoms with Gasteiger partial charge < -0.3 is 14.7 Å². The minimum atomic E-state index is -1.04. The number of ketones is 1. The van der Waals surface area contributed by atoms with E-state index < -0.39 is 17.5 Å². The third kappa shape index (κ3) is 3.81. The second kappa shape index (κ2) is 6.36. The highest BCUT2D eigenvalue weighted by Crippen LogP contribution is 2.35. The molecule has 1 rings (SSSR count). The van der Waals surface area contributed by atoms with E-state index in [-0.39, 0.29) is 44.7 Å². The normalized spacial score (nSPS) is 17.6. The number of ether oxygens (including phenoxy) is 1. The molecule has 19 heavy (non-hydrogen) atoms. The van der Waals surface area contributed by atoms with Crippen molar-refractivity contribution in [1.29, 1.82) is 0 Å². The molecule has 1 aliphatic heterocycles. The maximum absolute atomic E-state index is 11.6. The Balaban J connectivity index is 2.62.